The van der Waals surface area contributed by atoms with E-state index in [2.05, 4.69) is 29.1 Å². The number of hydrogen-bond donors (Lipinski definition) is 1. The molecule has 41 heavy (non-hydrogen) atoms. The Morgan fingerprint density at radius 3 is 2.22 bits per heavy atom. The van der Waals surface area contributed by atoms with Gasteiger partial charge < -0.3 is 31.8 Å². The van der Waals surface area contributed by atoms with Crippen LogP contribution in [0, 0.1) is 12.7 Å². The SMILES string of the molecule is CCCCCCCCCCCCCCOc1ccc(OCC(=O)Nc2cccc(C[n+]3ccsc3C)c2)cc1F.[Br-]. The van der Waals surface area contributed by atoms with Crippen LogP contribution in [0.25, 0.3) is 0 Å². The first-order chi connectivity index (χ1) is 19.5. The Morgan fingerprint density at radius 1 is 0.902 bits per heavy atom. The van der Waals surface area contributed by atoms with Crippen molar-refractivity contribution in [2.24, 2.45) is 0 Å². The minimum absolute atomic E-state index is 0. The molecule has 226 valence electrons. The summed E-state index contributed by atoms with van der Waals surface area (Å²) in [5.41, 5.74) is 1.79. The fourth-order valence-electron chi connectivity index (χ4n) is 4.64. The second kappa shape index (κ2) is 20.4. The Kier molecular flexibility index (Phi) is 17.3. The monoisotopic (exact) mass is 648 g/mol. The summed E-state index contributed by atoms with van der Waals surface area (Å²) in [7, 11) is 0. The molecule has 1 amide bonds. The molecule has 0 aliphatic carbocycles. The molecule has 0 saturated heterocycles. The molecule has 3 rings (SSSR count). The molecule has 1 aromatic heterocycles. The molecule has 0 bridgehead atoms. The summed E-state index contributed by atoms with van der Waals surface area (Å²) >= 11 is 1.70. The zero-order valence-corrected chi connectivity index (χ0v) is 27.0. The van der Waals surface area contributed by atoms with E-state index in [0.29, 0.717) is 18.0 Å². The summed E-state index contributed by atoms with van der Waals surface area (Å²) < 4.78 is 27.8. The molecule has 0 atom stereocenters. The Labute approximate surface area is 260 Å². The molecule has 1 heterocycles. The van der Waals surface area contributed by atoms with E-state index < -0.39 is 5.82 Å². The highest BCUT2D eigenvalue weighted by Crippen LogP contribution is 2.23. The lowest BCUT2D eigenvalue weighted by molar-refractivity contribution is -0.689. The van der Waals surface area contributed by atoms with Crippen molar-refractivity contribution < 1.29 is 40.2 Å². The lowest BCUT2D eigenvalue weighted by atomic mass is 10.1. The topological polar surface area (TPSA) is 51.4 Å². The number of nitrogens with zero attached hydrogens (tertiary/aromatic N) is 1. The molecule has 0 fully saturated rings. The number of amides is 1. The van der Waals surface area contributed by atoms with E-state index in [1.807, 2.05) is 30.5 Å². The van der Waals surface area contributed by atoms with Crippen LogP contribution in [0.15, 0.2) is 54.0 Å². The minimum atomic E-state index is -0.481. The number of hydrogen-bond acceptors (Lipinski definition) is 4. The summed E-state index contributed by atoms with van der Waals surface area (Å²) in [5, 5.41) is 6.13. The lowest BCUT2D eigenvalue weighted by Crippen LogP contribution is -3.00. The maximum Gasteiger partial charge on any atom is 0.262 e. The van der Waals surface area contributed by atoms with Gasteiger partial charge in [0.2, 0.25) is 5.01 Å². The molecule has 5 nitrogen and oxygen atoms in total. The zero-order valence-electron chi connectivity index (χ0n) is 24.6. The molecule has 8 heteroatoms. The van der Waals surface area contributed by atoms with Crippen molar-refractivity contribution in [3.63, 3.8) is 0 Å². The quantitative estimate of drug-likeness (QED) is 0.128. The van der Waals surface area contributed by atoms with E-state index in [1.165, 1.54) is 75.3 Å². The maximum absolute atomic E-state index is 14.5. The third kappa shape index (κ3) is 13.8. The van der Waals surface area contributed by atoms with E-state index in [-0.39, 0.29) is 35.2 Å². The normalized spacial score (nSPS) is 10.7. The number of benzene rings is 2. The lowest BCUT2D eigenvalue weighted by Gasteiger charge is -2.11. The van der Waals surface area contributed by atoms with Crippen LogP contribution in [-0.4, -0.2) is 19.1 Å². The Morgan fingerprint density at radius 2 is 1.59 bits per heavy atom. The largest absolute Gasteiger partial charge is 1.00 e. The van der Waals surface area contributed by atoms with Crippen molar-refractivity contribution in [3.05, 3.63) is 70.4 Å². The number of thiazole rings is 1. The number of aromatic nitrogens is 1. The molecule has 0 aliphatic heterocycles. The molecule has 0 unspecified atom stereocenters. The molecular formula is C33H46BrFN2O3S. The van der Waals surface area contributed by atoms with Crippen LogP contribution in [0.4, 0.5) is 10.1 Å². The number of carbonyl (C=O) groups is 1. The van der Waals surface area contributed by atoms with Gasteiger partial charge in [-0.25, -0.2) is 4.39 Å². The summed E-state index contributed by atoms with van der Waals surface area (Å²) in [6, 6.07) is 12.2. The van der Waals surface area contributed by atoms with E-state index in [0.717, 1.165) is 24.9 Å². The highest BCUT2D eigenvalue weighted by Gasteiger charge is 2.11. The average Bonchev–Trinajstić information content (AvgIpc) is 3.35. The predicted molar refractivity (Wildman–Crippen MR) is 162 cm³/mol. The van der Waals surface area contributed by atoms with Crippen LogP contribution >= 0.6 is 11.3 Å². The van der Waals surface area contributed by atoms with Gasteiger partial charge >= 0.3 is 0 Å². The van der Waals surface area contributed by atoms with Gasteiger partial charge in [-0.1, -0.05) is 101 Å². The van der Waals surface area contributed by atoms with Gasteiger partial charge in [-0.3, -0.25) is 4.79 Å². The predicted octanol–water partition coefficient (Wildman–Crippen LogP) is 5.63. The van der Waals surface area contributed by atoms with Crippen LogP contribution in [-0.2, 0) is 11.3 Å². The minimum Gasteiger partial charge on any atom is -1.00 e. The van der Waals surface area contributed by atoms with Gasteiger partial charge in [0.15, 0.2) is 30.9 Å². The van der Waals surface area contributed by atoms with Gasteiger partial charge in [0.1, 0.15) is 5.75 Å². The number of halogens is 2. The van der Waals surface area contributed by atoms with Crippen molar-refractivity contribution in [2.75, 3.05) is 18.5 Å². The van der Waals surface area contributed by atoms with Crippen LogP contribution in [0.2, 0.25) is 0 Å². The standard InChI is InChI=1S/C33H45FN2O3S.BrH/c1-3-4-5-6-7-8-9-10-11-12-13-14-21-38-32-19-18-30(24-31(32)34)39-26-33(37)35-29-17-15-16-28(23-29)25-36-20-22-40-27(36)2;/h15-20,22-24H,3-14,21,25-26H2,1-2H3;1H. The average molecular weight is 650 g/mol. The van der Waals surface area contributed by atoms with Crippen molar-refractivity contribution in [3.8, 4) is 11.5 Å². The first-order valence-electron chi connectivity index (χ1n) is 14.9. The number of nitrogens with one attached hydrogen (secondary N) is 1. The molecular weight excluding hydrogens is 603 g/mol. The van der Waals surface area contributed by atoms with Gasteiger partial charge in [0.25, 0.3) is 5.91 Å². The van der Waals surface area contributed by atoms with E-state index in [1.54, 1.807) is 23.5 Å². The third-order valence-corrected chi connectivity index (χ3v) is 7.81. The van der Waals surface area contributed by atoms with Crippen LogP contribution in [0.3, 0.4) is 0 Å². The van der Waals surface area contributed by atoms with Crippen molar-refractivity contribution in [2.45, 2.75) is 97.4 Å². The van der Waals surface area contributed by atoms with Crippen LogP contribution < -0.4 is 36.3 Å². The summed E-state index contributed by atoms with van der Waals surface area (Å²) in [5.74, 6) is -0.270. The number of carbonyl (C=O) groups excluding carboxylic acids is 1. The summed E-state index contributed by atoms with van der Waals surface area (Å²) in [4.78, 5) is 12.4. The van der Waals surface area contributed by atoms with Crippen LogP contribution in [0.5, 0.6) is 11.5 Å². The highest BCUT2D eigenvalue weighted by atomic mass is 79.9. The number of rotatable bonds is 20. The molecule has 0 saturated carbocycles. The van der Waals surface area contributed by atoms with Crippen LogP contribution in [0.1, 0.15) is 94.5 Å². The van der Waals surface area contributed by atoms with Crippen molar-refractivity contribution in [1.29, 1.82) is 0 Å². The second-order valence-electron chi connectivity index (χ2n) is 10.4. The van der Waals surface area contributed by atoms with Gasteiger partial charge in [0, 0.05) is 24.2 Å². The molecule has 1 N–H and O–H groups in total. The Balaban J connectivity index is 0.00000588. The summed E-state index contributed by atoms with van der Waals surface area (Å²) in [6.07, 6.45) is 17.4. The fourth-order valence-corrected chi connectivity index (χ4v) is 5.31. The summed E-state index contributed by atoms with van der Waals surface area (Å²) in [6.45, 7) is 5.37. The van der Waals surface area contributed by atoms with E-state index >= 15 is 0 Å². The number of ether oxygens (including phenoxy) is 2. The van der Waals surface area contributed by atoms with Crippen molar-refractivity contribution >= 4 is 22.9 Å². The number of unbranched alkanes of at least 4 members (excludes halogenated alkanes) is 11. The van der Waals surface area contributed by atoms with Gasteiger partial charge in [0.05, 0.1) is 12.0 Å². The molecule has 3 aromatic rings. The molecule has 2 aromatic carbocycles. The van der Waals surface area contributed by atoms with Gasteiger partial charge in [-0.15, -0.1) is 0 Å². The van der Waals surface area contributed by atoms with Gasteiger partial charge in [-0.2, -0.15) is 4.57 Å². The second-order valence-corrected chi connectivity index (χ2v) is 11.5. The Bertz CT molecular complexity index is 1160. The molecule has 0 radical (unpaired) electrons. The van der Waals surface area contributed by atoms with E-state index in [9.17, 15) is 9.18 Å². The molecule has 0 spiro atoms. The zero-order chi connectivity index (χ0) is 28.4. The highest BCUT2D eigenvalue weighted by molar-refractivity contribution is 7.09. The number of aryl methyl sites for hydroxylation is 1. The number of anilines is 1. The van der Waals surface area contributed by atoms with E-state index in [4.69, 9.17) is 9.47 Å². The van der Waals surface area contributed by atoms with Crippen molar-refractivity contribution in [1.82, 2.24) is 0 Å². The smallest absolute Gasteiger partial charge is 0.262 e. The first kappa shape index (κ1) is 34.7. The van der Waals surface area contributed by atoms with Gasteiger partial charge in [-0.05, 0) is 30.7 Å². The Hall–Kier alpha value is -2.45. The molecule has 0 aliphatic rings. The fraction of sp³-hybridized carbons (Fsp3) is 0.515. The first-order valence-corrected chi connectivity index (χ1v) is 15.8. The maximum atomic E-state index is 14.5. The third-order valence-electron chi connectivity index (χ3n) is 6.98.